The van der Waals surface area contributed by atoms with E-state index >= 15 is 0 Å². The smallest absolute Gasteiger partial charge is 0.313 e. The molecule has 0 spiro atoms. The fourth-order valence-corrected chi connectivity index (χ4v) is 2.00. The third kappa shape index (κ3) is 3.68. The molecule has 4 nitrogen and oxygen atoms in total. The first-order valence-electron chi connectivity index (χ1n) is 6.42. The predicted molar refractivity (Wildman–Crippen MR) is 72.9 cm³/mol. The minimum atomic E-state index is -0.438. The van der Waals surface area contributed by atoms with Crippen molar-refractivity contribution in [3.05, 3.63) is 36.0 Å². The zero-order chi connectivity index (χ0) is 13.7. The minimum absolute atomic E-state index is 0.0787. The molecule has 0 saturated heterocycles. The van der Waals surface area contributed by atoms with Crippen LogP contribution >= 0.6 is 0 Å². The largest absolute Gasteiger partial charge is 0.466 e. The molecular weight excluding hydrogens is 242 g/mol. The lowest BCUT2D eigenvalue weighted by Crippen LogP contribution is -2.11. The summed E-state index contributed by atoms with van der Waals surface area (Å²) in [7, 11) is 0. The molecule has 100 valence electrons. The van der Waals surface area contributed by atoms with E-state index in [2.05, 4.69) is 4.98 Å². The number of nitrogens with one attached hydrogen (secondary N) is 1. The second-order valence-electron chi connectivity index (χ2n) is 4.42. The SMILES string of the molecule is CCOC(=O)CC(=O)CCc1ccc2cc[nH]c2c1. The van der Waals surface area contributed by atoms with Crippen molar-refractivity contribution >= 4 is 22.7 Å². The number of aromatic nitrogens is 1. The van der Waals surface area contributed by atoms with Gasteiger partial charge in [-0.2, -0.15) is 0 Å². The number of rotatable bonds is 6. The number of ketones is 1. The van der Waals surface area contributed by atoms with Gasteiger partial charge in [0.1, 0.15) is 12.2 Å². The Balaban J connectivity index is 1.87. The first-order valence-corrected chi connectivity index (χ1v) is 6.42. The lowest BCUT2D eigenvalue weighted by Gasteiger charge is -2.02. The number of aromatic amines is 1. The lowest BCUT2D eigenvalue weighted by atomic mass is 10.0. The second-order valence-corrected chi connectivity index (χ2v) is 4.42. The molecule has 0 unspecified atom stereocenters. The van der Waals surface area contributed by atoms with E-state index in [0.29, 0.717) is 19.4 Å². The molecule has 0 fully saturated rings. The molecule has 2 aromatic rings. The van der Waals surface area contributed by atoms with Gasteiger partial charge in [0.25, 0.3) is 0 Å². The van der Waals surface area contributed by atoms with Crippen LogP contribution in [0.5, 0.6) is 0 Å². The standard InChI is InChI=1S/C15H17NO3/c1-2-19-15(18)10-13(17)6-4-11-3-5-12-7-8-16-14(12)9-11/h3,5,7-9,16H,2,4,6,10H2,1H3. The number of esters is 1. The van der Waals surface area contributed by atoms with Gasteiger partial charge in [-0.15, -0.1) is 0 Å². The predicted octanol–water partition coefficient (Wildman–Crippen LogP) is 2.62. The molecule has 0 amide bonds. The van der Waals surface area contributed by atoms with Crippen LogP contribution in [0.4, 0.5) is 0 Å². The molecule has 0 saturated carbocycles. The quantitative estimate of drug-likeness (QED) is 0.641. The highest BCUT2D eigenvalue weighted by Gasteiger charge is 2.10. The molecule has 1 N–H and O–H groups in total. The van der Waals surface area contributed by atoms with Crippen LogP contribution in [0.3, 0.4) is 0 Å². The molecule has 1 aromatic carbocycles. The van der Waals surface area contributed by atoms with E-state index in [-0.39, 0.29) is 12.2 Å². The van der Waals surface area contributed by atoms with E-state index in [0.717, 1.165) is 16.5 Å². The average molecular weight is 259 g/mol. The molecule has 0 aliphatic heterocycles. The van der Waals surface area contributed by atoms with Crippen molar-refractivity contribution in [1.82, 2.24) is 4.98 Å². The van der Waals surface area contributed by atoms with Crippen LogP contribution < -0.4 is 0 Å². The number of hydrogen-bond donors (Lipinski definition) is 1. The summed E-state index contributed by atoms with van der Waals surface area (Å²) in [6, 6.07) is 8.07. The molecule has 0 aliphatic carbocycles. The maximum atomic E-state index is 11.6. The van der Waals surface area contributed by atoms with Gasteiger partial charge in [-0.1, -0.05) is 12.1 Å². The zero-order valence-electron chi connectivity index (χ0n) is 10.9. The van der Waals surface area contributed by atoms with Gasteiger partial charge in [-0.3, -0.25) is 9.59 Å². The first-order chi connectivity index (χ1) is 9.19. The molecule has 2 rings (SSSR count). The first kappa shape index (κ1) is 13.3. The van der Waals surface area contributed by atoms with Crippen LogP contribution in [0.25, 0.3) is 10.9 Å². The fraction of sp³-hybridized carbons (Fsp3) is 0.333. The second kappa shape index (κ2) is 6.18. The maximum Gasteiger partial charge on any atom is 0.313 e. The maximum absolute atomic E-state index is 11.6. The van der Waals surface area contributed by atoms with Crippen molar-refractivity contribution in [3.63, 3.8) is 0 Å². The highest BCUT2D eigenvalue weighted by Crippen LogP contribution is 2.15. The van der Waals surface area contributed by atoms with E-state index in [1.54, 1.807) is 6.92 Å². The molecule has 4 heteroatoms. The van der Waals surface area contributed by atoms with E-state index in [1.807, 2.05) is 30.5 Å². The van der Waals surface area contributed by atoms with Crippen LogP contribution in [-0.2, 0) is 20.7 Å². The Morgan fingerprint density at radius 2 is 2.11 bits per heavy atom. The highest BCUT2D eigenvalue weighted by molar-refractivity contribution is 5.95. The zero-order valence-corrected chi connectivity index (χ0v) is 10.9. The number of benzene rings is 1. The van der Waals surface area contributed by atoms with Crippen molar-refractivity contribution in [2.45, 2.75) is 26.2 Å². The van der Waals surface area contributed by atoms with Gasteiger partial charge in [-0.05, 0) is 36.4 Å². The summed E-state index contributed by atoms with van der Waals surface area (Å²) in [6.07, 6.45) is 2.77. The number of Topliss-reactive ketones (excluding diaryl/α,β-unsaturated/α-hetero) is 1. The summed E-state index contributed by atoms with van der Waals surface area (Å²) in [5.41, 5.74) is 2.16. The normalized spacial score (nSPS) is 10.6. The summed E-state index contributed by atoms with van der Waals surface area (Å²) in [5.74, 6) is -0.516. The van der Waals surface area contributed by atoms with Gasteiger partial charge in [0, 0.05) is 18.1 Å². The number of carbonyl (C=O) groups is 2. The summed E-state index contributed by atoms with van der Waals surface area (Å²) >= 11 is 0. The number of fused-ring (bicyclic) bond motifs is 1. The summed E-state index contributed by atoms with van der Waals surface area (Å²) in [6.45, 7) is 2.05. The Morgan fingerprint density at radius 3 is 2.89 bits per heavy atom. The molecule has 0 aliphatic rings. The third-order valence-electron chi connectivity index (χ3n) is 2.96. The van der Waals surface area contributed by atoms with Gasteiger partial charge in [0.2, 0.25) is 0 Å². The van der Waals surface area contributed by atoms with Crippen molar-refractivity contribution < 1.29 is 14.3 Å². The molecule has 0 bridgehead atoms. The number of H-pyrrole nitrogens is 1. The van der Waals surface area contributed by atoms with Gasteiger partial charge >= 0.3 is 5.97 Å². The topological polar surface area (TPSA) is 59.2 Å². The van der Waals surface area contributed by atoms with Gasteiger partial charge in [0.15, 0.2) is 0 Å². The van der Waals surface area contributed by atoms with Crippen LogP contribution in [0.15, 0.2) is 30.5 Å². The van der Waals surface area contributed by atoms with Crippen molar-refractivity contribution in [3.8, 4) is 0 Å². The number of ether oxygens (including phenoxy) is 1. The molecule has 0 radical (unpaired) electrons. The van der Waals surface area contributed by atoms with Crippen molar-refractivity contribution in [1.29, 1.82) is 0 Å². The van der Waals surface area contributed by atoms with Gasteiger partial charge in [0.05, 0.1) is 6.61 Å². The highest BCUT2D eigenvalue weighted by atomic mass is 16.5. The molecule has 0 atom stereocenters. The Bertz CT molecular complexity index is 586. The van der Waals surface area contributed by atoms with E-state index in [1.165, 1.54) is 0 Å². The minimum Gasteiger partial charge on any atom is -0.466 e. The molecule has 19 heavy (non-hydrogen) atoms. The van der Waals surface area contributed by atoms with E-state index in [9.17, 15) is 9.59 Å². The lowest BCUT2D eigenvalue weighted by molar-refractivity contribution is -0.145. The van der Waals surface area contributed by atoms with Crippen LogP contribution in [0.1, 0.15) is 25.3 Å². The van der Waals surface area contributed by atoms with Gasteiger partial charge < -0.3 is 9.72 Å². The van der Waals surface area contributed by atoms with Crippen LogP contribution in [0, 0.1) is 0 Å². The summed E-state index contributed by atoms with van der Waals surface area (Å²) < 4.78 is 4.75. The van der Waals surface area contributed by atoms with E-state index in [4.69, 9.17) is 4.74 Å². The number of aryl methyl sites for hydroxylation is 1. The van der Waals surface area contributed by atoms with Crippen molar-refractivity contribution in [2.75, 3.05) is 6.61 Å². The third-order valence-corrected chi connectivity index (χ3v) is 2.96. The Morgan fingerprint density at radius 1 is 1.26 bits per heavy atom. The Kier molecular flexibility index (Phi) is 4.34. The van der Waals surface area contributed by atoms with Crippen LogP contribution in [-0.4, -0.2) is 23.3 Å². The van der Waals surface area contributed by atoms with E-state index < -0.39 is 5.97 Å². The average Bonchev–Trinajstić information content (AvgIpc) is 2.83. The number of hydrogen-bond acceptors (Lipinski definition) is 3. The van der Waals surface area contributed by atoms with Crippen LogP contribution in [0.2, 0.25) is 0 Å². The summed E-state index contributed by atoms with van der Waals surface area (Å²) in [4.78, 5) is 25.9. The fourth-order valence-electron chi connectivity index (χ4n) is 2.00. The Hall–Kier alpha value is -2.10. The van der Waals surface area contributed by atoms with Crippen molar-refractivity contribution in [2.24, 2.45) is 0 Å². The Labute approximate surface area is 111 Å². The monoisotopic (exact) mass is 259 g/mol. The molecule has 1 aromatic heterocycles. The molecular formula is C15H17NO3. The molecule has 1 heterocycles. The van der Waals surface area contributed by atoms with Gasteiger partial charge in [-0.25, -0.2) is 0 Å². The summed E-state index contributed by atoms with van der Waals surface area (Å²) in [5, 5.41) is 1.15. The number of carbonyl (C=O) groups excluding carboxylic acids is 2.